The Labute approximate surface area is 193 Å². The maximum atomic E-state index is 14.2. The highest BCUT2D eigenvalue weighted by atomic mass is 19.4. The van der Waals surface area contributed by atoms with Crippen LogP contribution in [0.25, 0.3) is 0 Å². The SMILES string of the molecule is O=C(NC(=NC1CC(c2ccc(O)cc2F)NN1)NC1CCCC1)c1ccc(C(F)(F)F)cc1. The van der Waals surface area contributed by atoms with Crippen LogP contribution in [0.1, 0.15) is 59.6 Å². The van der Waals surface area contributed by atoms with Gasteiger partial charge < -0.3 is 10.4 Å². The number of phenolic OH excluding ortho intramolecular Hbond substituents is 1. The molecule has 1 aliphatic carbocycles. The van der Waals surface area contributed by atoms with Crippen molar-refractivity contribution in [1.82, 2.24) is 21.5 Å². The average Bonchev–Trinajstić information content (AvgIpc) is 3.45. The molecular formula is C23H25F4N5O2. The molecule has 1 aliphatic heterocycles. The van der Waals surface area contributed by atoms with Crippen molar-refractivity contribution in [3.05, 3.63) is 65.0 Å². The summed E-state index contributed by atoms with van der Waals surface area (Å²) in [5.41, 5.74) is 5.51. The largest absolute Gasteiger partial charge is 0.508 e. The molecule has 1 saturated heterocycles. The number of rotatable bonds is 4. The number of carbonyl (C=O) groups is 1. The zero-order valence-corrected chi connectivity index (χ0v) is 18.1. The van der Waals surface area contributed by atoms with E-state index in [0.29, 0.717) is 12.0 Å². The van der Waals surface area contributed by atoms with Gasteiger partial charge in [0.2, 0.25) is 0 Å². The van der Waals surface area contributed by atoms with Crippen LogP contribution < -0.4 is 21.5 Å². The summed E-state index contributed by atoms with van der Waals surface area (Å²) in [6.45, 7) is 0. The fourth-order valence-corrected chi connectivity index (χ4v) is 4.14. The number of guanidine groups is 1. The first-order chi connectivity index (χ1) is 16.2. The fourth-order valence-electron chi connectivity index (χ4n) is 4.14. The van der Waals surface area contributed by atoms with Gasteiger partial charge in [0.05, 0.1) is 11.6 Å². The molecule has 2 atom stereocenters. The van der Waals surface area contributed by atoms with Crippen LogP contribution in [0.2, 0.25) is 0 Å². The third-order valence-corrected chi connectivity index (χ3v) is 5.93. The highest BCUT2D eigenvalue weighted by Gasteiger charge is 2.31. The molecule has 5 N–H and O–H groups in total. The van der Waals surface area contributed by atoms with E-state index in [4.69, 9.17) is 0 Å². The molecule has 0 spiro atoms. The number of aliphatic imine (C=N–C) groups is 1. The molecular weight excluding hydrogens is 454 g/mol. The molecule has 2 aromatic rings. The summed E-state index contributed by atoms with van der Waals surface area (Å²) >= 11 is 0. The van der Waals surface area contributed by atoms with Crippen molar-refractivity contribution in [2.24, 2.45) is 4.99 Å². The summed E-state index contributed by atoms with van der Waals surface area (Å²) < 4.78 is 52.6. The summed E-state index contributed by atoms with van der Waals surface area (Å²) in [5, 5.41) is 15.3. The Morgan fingerprint density at radius 3 is 2.41 bits per heavy atom. The van der Waals surface area contributed by atoms with Gasteiger partial charge in [-0.05, 0) is 43.2 Å². The van der Waals surface area contributed by atoms with E-state index >= 15 is 0 Å². The lowest BCUT2D eigenvalue weighted by Crippen LogP contribution is -2.46. The van der Waals surface area contributed by atoms with Gasteiger partial charge in [-0.1, -0.05) is 18.9 Å². The summed E-state index contributed by atoms with van der Waals surface area (Å²) in [4.78, 5) is 17.2. The highest BCUT2D eigenvalue weighted by molar-refractivity contribution is 6.05. The van der Waals surface area contributed by atoms with E-state index in [1.165, 1.54) is 12.1 Å². The Hall–Kier alpha value is -3.18. The molecule has 0 bridgehead atoms. The normalized spacial score (nSPS) is 21.6. The van der Waals surface area contributed by atoms with Gasteiger partial charge in [-0.3, -0.25) is 10.1 Å². The highest BCUT2D eigenvalue weighted by Crippen LogP contribution is 2.29. The lowest BCUT2D eigenvalue weighted by Gasteiger charge is -2.18. The quantitative estimate of drug-likeness (QED) is 0.262. The molecule has 7 nitrogen and oxygen atoms in total. The van der Waals surface area contributed by atoms with Gasteiger partial charge in [0.25, 0.3) is 5.91 Å². The average molecular weight is 479 g/mol. The van der Waals surface area contributed by atoms with Crippen molar-refractivity contribution in [3.63, 3.8) is 0 Å². The van der Waals surface area contributed by atoms with Crippen LogP contribution in [0, 0.1) is 5.82 Å². The number of halogens is 4. The van der Waals surface area contributed by atoms with Crippen LogP contribution in [-0.2, 0) is 6.18 Å². The molecule has 2 fully saturated rings. The molecule has 1 amide bonds. The third-order valence-electron chi connectivity index (χ3n) is 5.93. The van der Waals surface area contributed by atoms with Crippen LogP contribution >= 0.6 is 0 Å². The number of alkyl halides is 3. The summed E-state index contributed by atoms with van der Waals surface area (Å²) in [6, 6.07) is 7.57. The summed E-state index contributed by atoms with van der Waals surface area (Å²) in [7, 11) is 0. The standard InChI is InChI=1S/C23H25F4N5O2/c24-18-11-16(33)9-10-17(18)19-12-20(32-31-19)29-22(28-15-3-1-2-4-15)30-21(34)13-5-7-14(8-6-13)23(25,26)27/h5-11,15,19-20,31-33H,1-4,12H2,(H2,28,29,30,34). The number of nitrogens with zero attached hydrogens (tertiary/aromatic N) is 1. The second kappa shape index (κ2) is 9.98. The summed E-state index contributed by atoms with van der Waals surface area (Å²) in [6.07, 6.45) is -0.713. The Morgan fingerprint density at radius 1 is 1.06 bits per heavy atom. The number of amides is 1. The van der Waals surface area contributed by atoms with E-state index in [2.05, 4.69) is 26.5 Å². The first kappa shape index (κ1) is 24.0. The Morgan fingerprint density at radius 2 is 1.76 bits per heavy atom. The molecule has 34 heavy (non-hydrogen) atoms. The van der Waals surface area contributed by atoms with E-state index in [9.17, 15) is 27.5 Å². The molecule has 4 rings (SSSR count). The smallest absolute Gasteiger partial charge is 0.416 e. The van der Waals surface area contributed by atoms with E-state index in [0.717, 1.165) is 56.0 Å². The molecule has 1 heterocycles. The topological polar surface area (TPSA) is 97.8 Å². The van der Waals surface area contributed by atoms with Crippen LogP contribution in [0.3, 0.4) is 0 Å². The van der Waals surface area contributed by atoms with Gasteiger partial charge in [-0.25, -0.2) is 20.2 Å². The van der Waals surface area contributed by atoms with Gasteiger partial charge in [-0.2, -0.15) is 13.2 Å². The molecule has 2 unspecified atom stereocenters. The van der Waals surface area contributed by atoms with Crippen LogP contribution in [-0.4, -0.2) is 29.2 Å². The molecule has 11 heteroatoms. The molecule has 0 radical (unpaired) electrons. The van der Waals surface area contributed by atoms with Crippen LogP contribution in [0.4, 0.5) is 17.6 Å². The van der Waals surface area contributed by atoms with Crippen molar-refractivity contribution in [1.29, 1.82) is 0 Å². The molecule has 2 aromatic carbocycles. The van der Waals surface area contributed by atoms with E-state index < -0.39 is 35.7 Å². The van der Waals surface area contributed by atoms with E-state index in [1.54, 1.807) is 0 Å². The van der Waals surface area contributed by atoms with E-state index in [-0.39, 0.29) is 23.3 Å². The van der Waals surface area contributed by atoms with Crippen molar-refractivity contribution < 1.29 is 27.5 Å². The van der Waals surface area contributed by atoms with Crippen LogP contribution in [0.5, 0.6) is 5.75 Å². The number of carbonyl (C=O) groups excluding carboxylic acids is 1. The molecule has 0 aromatic heterocycles. The van der Waals surface area contributed by atoms with Crippen molar-refractivity contribution >= 4 is 11.9 Å². The number of hydrogen-bond acceptors (Lipinski definition) is 5. The minimum Gasteiger partial charge on any atom is -0.508 e. The number of benzene rings is 2. The number of phenols is 1. The maximum absolute atomic E-state index is 14.2. The second-order valence-electron chi connectivity index (χ2n) is 8.43. The lowest BCUT2D eigenvalue weighted by atomic mass is 10.0. The molecule has 2 aliphatic rings. The maximum Gasteiger partial charge on any atom is 0.416 e. The number of hydrazine groups is 1. The van der Waals surface area contributed by atoms with Gasteiger partial charge in [-0.15, -0.1) is 0 Å². The number of aromatic hydroxyl groups is 1. The fraction of sp³-hybridized carbons (Fsp3) is 0.391. The minimum atomic E-state index is -4.49. The second-order valence-corrected chi connectivity index (χ2v) is 8.43. The first-order valence-corrected chi connectivity index (χ1v) is 11.0. The van der Waals surface area contributed by atoms with Crippen LogP contribution in [0.15, 0.2) is 47.5 Å². The molecule has 1 saturated carbocycles. The predicted molar refractivity (Wildman–Crippen MR) is 117 cm³/mol. The van der Waals surface area contributed by atoms with Gasteiger partial charge >= 0.3 is 6.18 Å². The zero-order chi connectivity index (χ0) is 24.3. The van der Waals surface area contributed by atoms with Crippen molar-refractivity contribution in [2.75, 3.05) is 0 Å². The summed E-state index contributed by atoms with van der Waals surface area (Å²) in [5.74, 6) is -1.12. The molecule has 182 valence electrons. The van der Waals surface area contributed by atoms with Crippen molar-refractivity contribution in [3.8, 4) is 5.75 Å². The first-order valence-electron chi connectivity index (χ1n) is 11.0. The zero-order valence-electron chi connectivity index (χ0n) is 18.1. The van der Waals surface area contributed by atoms with Crippen molar-refractivity contribution in [2.45, 2.75) is 56.5 Å². The minimum absolute atomic E-state index is 0.0652. The van der Waals surface area contributed by atoms with Gasteiger partial charge in [0, 0.05) is 29.7 Å². The number of nitrogens with one attached hydrogen (secondary N) is 4. The van der Waals surface area contributed by atoms with E-state index in [1.807, 2.05) is 0 Å². The Kier molecular flexibility index (Phi) is 7.03. The number of hydrogen-bond donors (Lipinski definition) is 5. The third kappa shape index (κ3) is 5.84. The van der Waals surface area contributed by atoms with Gasteiger partial charge in [0.1, 0.15) is 17.7 Å². The Bertz CT molecular complexity index is 1050. The predicted octanol–water partition coefficient (Wildman–Crippen LogP) is 3.73. The van der Waals surface area contributed by atoms with Gasteiger partial charge in [0.15, 0.2) is 5.96 Å². The monoisotopic (exact) mass is 479 g/mol. The Balaban J connectivity index is 1.47. The lowest BCUT2D eigenvalue weighted by molar-refractivity contribution is -0.137.